The number of carbonyl (C=O) groups excluding carboxylic acids is 1. The van der Waals surface area contributed by atoms with E-state index in [-0.39, 0.29) is 22.9 Å². The molecule has 0 unspecified atom stereocenters. The molecule has 9 heteroatoms. The Kier molecular flexibility index (Phi) is 4.31. The molecular formula is C19H20FN7O. The van der Waals surface area contributed by atoms with E-state index in [9.17, 15) is 9.18 Å². The number of aromatic amines is 1. The van der Waals surface area contributed by atoms with Gasteiger partial charge in [0.1, 0.15) is 17.0 Å². The van der Waals surface area contributed by atoms with Crippen molar-refractivity contribution >= 4 is 28.5 Å². The van der Waals surface area contributed by atoms with Gasteiger partial charge in [-0.05, 0) is 31.0 Å². The third kappa shape index (κ3) is 3.09. The number of nitrogens with one attached hydrogen (secondary N) is 4. The summed E-state index contributed by atoms with van der Waals surface area (Å²) in [5.74, 6) is -0.675. The van der Waals surface area contributed by atoms with E-state index in [1.54, 1.807) is 13.2 Å². The highest BCUT2D eigenvalue weighted by atomic mass is 19.1. The molecule has 1 fully saturated rings. The standard InChI is InChI=1S/C19H20FN7O/c1-23-13-6-10(20)2-3-11(13)15(22)14-8-25-17-16(26-14)12(7-24-17)18(28)27-19(9-21)4-5-19/h2-3,6-8,22-23H,4-5,9,21H2,1H3,(H,24,25)(H,27,28). The molecule has 0 aliphatic heterocycles. The molecule has 0 saturated heterocycles. The predicted molar refractivity (Wildman–Crippen MR) is 104 cm³/mol. The van der Waals surface area contributed by atoms with E-state index in [0.29, 0.717) is 34.5 Å². The molecule has 1 aliphatic rings. The smallest absolute Gasteiger partial charge is 0.255 e. The monoisotopic (exact) mass is 381 g/mol. The van der Waals surface area contributed by atoms with Crippen LogP contribution in [0.3, 0.4) is 0 Å². The van der Waals surface area contributed by atoms with Gasteiger partial charge in [-0.3, -0.25) is 10.2 Å². The number of hydrogen-bond donors (Lipinski definition) is 5. The van der Waals surface area contributed by atoms with Gasteiger partial charge in [0.25, 0.3) is 5.91 Å². The number of hydrogen-bond acceptors (Lipinski definition) is 6. The summed E-state index contributed by atoms with van der Waals surface area (Å²) in [6.45, 7) is 0.389. The van der Waals surface area contributed by atoms with E-state index in [1.807, 2.05) is 0 Å². The molecular weight excluding hydrogens is 361 g/mol. The van der Waals surface area contributed by atoms with Gasteiger partial charge in [-0.2, -0.15) is 0 Å². The first-order chi connectivity index (χ1) is 13.5. The molecule has 0 radical (unpaired) electrons. The fraction of sp³-hybridized carbons (Fsp3) is 0.263. The van der Waals surface area contributed by atoms with Crippen LogP contribution in [0.2, 0.25) is 0 Å². The Balaban J connectivity index is 1.70. The summed E-state index contributed by atoms with van der Waals surface area (Å²) in [6.07, 6.45) is 4.72. The highest BCUT2D eigenvalue weighted by Crippen LogP contribution is 2.34. The summed E-state index contributed by atoms with van der Waals surface area (Å²) < 4.78 is 13.5. The van der Waals surface area contributed by atoms with Crippen molar-refractivity contribution in [3.8, 4) is 0 Å². The third-order valence-electron chi connectivity index (χ3n) is 5.02. The van der Waals surface area contributed by atoms with Gasteiger partial charge >= 0.3 is 0 Å². The Morgan fingerprint density at radius 1 is 1.39 bits per heavy atom. The zero-order valence-electron chi connectivity index (χ0n) is 15.3. The number of fused-ring (bicyclic) bond motifs is 1. The molecule has 0 spiro atoms. The van der Waals surface area contributed by atoms with Gasteiger partial charge in [0.15, 0.2) is 5.65 Å². The summed E-state index contributed by atoms with van der Waals surface area (Å²) >= 11 is 0. The second kappa shape index (κ2) is 6.68. The van der Waals surface area contributed by atoms with Gasteiger partial charge in [0.2, 0.25) is 0 Å². The topological polar surface area (TPSA) is 133 Å². The number of nitrogens with two attached hydrogens (primary N) is 1. The average Bonchev–Trinajstić information content (AvgIpc) is 3.35. The lowest BCUT2D eigenvalue weighted by atomic mass is 10.1. The number of H-pyrrole nitrogens is 1. The summed E-state index contributed by atoms with van der Waals surface area (Å²) in [7, 11) is 1.65. The number of nitrogens with zero attached hydrogens (tertiary/aromatic N) is 2. The van der Waals surface area contributed by atoms with Gasteiger partial charge in [0.05, 0.1) is 23.0 Å². The Bertz CT molecular complexity index is 1090. The van der Waals surface area contributed by atoms with Crippen LogP contribution < -0.4 is 16.4 Å². The maximum atomic E-state index is 13.5. The minimum Gasteiger partial charge on any atom is -0.387 e. The fourth-order valence-corrected chi connectivity index (χ4v) is 3.10. The van der Waals surface area contributed by atoms with Crippen molar-refractivity contribution in [3.05, 3.63) is 53.2 Å². The van der Waals surface area contributed by atoms with Gasteiger partial charge < -0.3 is 21.4 Å². The van der Waals surface area contributed by atoms with Crippen LogP contribution >= 0.6 is 0 Å². The quantitative estimate of drug-likeness (QED) is 0.415. The number of halogens is 1. The summed E-state index contributed by atoms with van der Waals surface area (Å²) in [5.41, 5.74) is 7.90. The zero-order valence-corrected chi connectivity index (χ0v) is 15.3. The highest BCUT2D eigenvalue weighted by molar-refractivity contribution is 6.14. The Morgan fingerprint density at radius 3 is 2.86 bits per heavy atom. The molecule has 4 rings (SSSR count). The largest absolute Gasteiger partial charge is 0.387 e. The Labute approximate surface area is 160 Å². The van der Waals surface area contributed by atoms with Crippen molar-refractivity contribution in [2.45, 2.75) is 18.4 Å². The molecule has 1 amide bonds. The van der Waals surface area contributed by atoms with Gasteiger partial charge in [-0.25, -0.2) is 14.4 Å². The molecule has 144 valence electrons. The first-order valence-corrected chi connectivity index (χ1v) is 8.90. The van der Waals surface area contributed by atoms with Crippen LogP contribution in [-0.2, 0) is 0 Å². The lowest BCUT2D eigenvalue weighted by molar-refractivity contribution is 0.0934. The predicted octanol–water partition coefficient (Wildman–Crippen LogP) is 1.78. The summed E-state index contributed by atoms with van der Waals surface area (Å²) in [6, 6.07) is 4.11. The second-order valence-electron chi connectivity index (χ2n) is 6.91. The van der Waals surface area contributed by atoms with Crippen LogP contribution in [0.5, 0.6) is 0 Å². The maximum absolute atomic E-state index is 13.5. The zero-order chi connectivity index (χ0) is 19.9. The van der Waals surface area contributed by atoms with Crippen LogP contribution in [0.25, 0.3) is 11.2 Å². The van der Waals surface area contributed by atoms with Crippen molar-refractivity contribution in [2.24, 2.45) is 5.73 Å². The van der Waals surface area contributed by atoms with Gasteiger partial charge in [-0.1, -0.05) is 0 Å². The minimum absolute atomic E-state index is 0.0759. The van der Waals surface area contributed by atoms with E-state index < -0.39 is 5.82 Å². The van der Waals surface area contributed by atoms with Gasteiger partial charge in [0, 0.05) is 31.0 Å². The van der Waals surface area contributed by atoms with Crippen molar-refractivity contribution < 1.29 is 9.18 Å². The Hall–Kier alpha value is -3.33. The van der Waals surface area contributed by atoms with E-state index >= 15 is 0 Å². The van der Waals surface area contributed by atoms with E-state index in [4.69, 9.17) is 11.1 Å². The van der Waals surface area contributed by atoms with Crippen molar-refractivity contribution in [1.29, 1.82) is 5.41 Å². The number of rotatable bonds is 6. The molecule has 3 aromatic rings. The van der Waals surface area contributed by atoms with Crippen molar-refractivity contribution in [1.82, 2.24) is 20.3 Å². The van der Waals surface area contributed by atoms with E-state index in [1.165, 1.54) is 24.4 Å². The van der Waals surface area contributed by atoms with Crippen LogP contribution in [0, 0.1) is 11.2 Å². The average molecular weight is 381 g/mol. The Morgan fingerprint density at radius 2 is 2.18 bits per heavy atom. The molecule has 2 aromatic heterocycles. The number of anilines is 1. The molecule has 28 heavy (non-hydrogen) atoms. The molecule has 8 nitrogen and oxygen atoms in total. The number of aromatic nitrogens is 3. The first kappa shape index (κ1) is 18.1. The summed E-state index contributed by atoms with van der Waals surface area (Å²) in [5, 5.41) is 14.3. The van der Waals surface area contributed by atoms with Crippen LogP contribution in [-0.4, -0.2) is 45.7 Å². The van der Waals surface area contributed by atoms with Crippen molar-refractivity contribution in [3.63, 3.8) is 0 Å². The first-order valence-electron chi connectivity index (χ1n) is 8.90. The third-order valence-corrected chi connectivity index (χ3v) is 5.02. The minimum atomic E-state index is -0.402. The summed E-state index contributed by atoms with van der Waals surface area (Å²) in [4.78, 5) is 24.3. The fourth-order valence-electron chi connectivity index (χ4n) is 3.10. The number of benzene rings is 1. The molecule has 0 bridgehead atoms. The molecule has 1 aromatic carbocycles. The number of carbonyl (C=O) groups is 1. The van der Waals surface area contributed by atoms with Crippen molar-refractivity contribution in [2.75, 3.05) is 18.9 Å². The lowest BCUT2D eigenvalue weighted by Crippen LogP contribution is -2.42. The molecule has 6 N–H and O–H groups in total. The van der Waals surface area contributed by atoms with Crippen LogP contribution in [0.1, 0.15) is 34.5 Å². The molecule has 1 saturated carbocycles. The van der Waals surface area contributed by atoms with Crippen LogP contribution in [0.15, 0.2) is 30.6 Å². The van der Waals surface area contributed by atoms with Crippen LogP contribution in [0.4, 0.5) is 10.1 Å². The van der Waals surface area contributed by atoms with E-state index in [0.717, 1.165) is 12.8 Å². The molecule has 1 aliphatic carbocycles. The highest BCUT2D eigenvalue weighted by Gasteiger charge is 2.43. The van der Waals surface area contributed by atoms with E-state index in [2.05, 4.69) is 25.6 Å². The molecule has 0 atom stereocenters. The normalized spacial score (nSPS) is 14.7. The lowest BCUT2D eigenvalue weighted by Gasteiger charge is -2.14. The number of amides is 1. The van der Waals surface area contributed by atoms with Gasteiger partial charge in [-0.15, -0.1) is 0 Å². The maximum Gasteiger partial charge on any atom is 0.255 e. The molecule has 2 heterocycles. The second-order valence-corrected chi connectivity index (χ2v) is 6.91. The SMILES string of the molecule is CNc1cc(F)ccc1C(=N)c1cnc2[nH]cc(C(=O)NC3(CN)CC3)c2n1.